The van der Waals surface area contributed by atoms with Gasteiger partial charge in [-0.15, -0.1) is 0 Å². The summed E-state index contributed by atoms with van der Waals surface area (Å²) in [6, 6.07) is 0. The highest BCUT2D eigenvalue weighted by atomic mass is 14.5. The maximum atomic E-state index is 2.46. The summed E-state index contributed by atoms with van der Waals surface area (Å²) in [6.45, 7) is 4.85. The fourth-order valence-electron chi connectivity index (χ4n) is 5.28. The van der Waals surface area contributed by atoms with Gasteiger partial charge in [-0.05, 0) is 42.9 Å². The van der Waals surface area contributed by atoms with E-state index in [1.165, 1.54) is 57.8 Å². The third-order valence-electron chi connectivity index (χ3n) is 6.15. The minimum absolute atomic E-state index is 0.767. The van der Waals surface area contributed by atoms with Crippen molar-refractivity contribution in [3.63, 3.8) is 0 Å². The van der Waals surface area contributed by atoms with Crippen molar-refractivity contribution in [2.45, 2.75) is 97.3 Å². The zero-order chi connectivity index (χ0) is 12.8. The summed E-state index contributed by atoms with van der Waals surface area (Å²) in [4.78, 5) is 0. The van der Waals surface area contributed by atoms with E-state index >= 15 is 0 Å². The molecule has 0 heteroatoms. The lowest BCUT2D eigenvalue weighted by molar-refractivity contribution is -0.00244. The van der Waals surface area contributed by atoms with Crippen molar-refractivity contribution in [3.05, 3.63) is 0 Å². The molecule has 1 atom stereocenters. The van der Waals surface area contributed by atoms with Crippen LogP contribution in [-0.4, -0.2) is 0 Å². The Labute approximate surface area is 115 Å². The van der Waals surface area contributed by atoms with Crippen LogP contribution in [0.4, 0.5) is 0 Å². The van der Waals surface area contributed by atoms with Gasteiger partial charge in [0.25, 0.3) is 0 Å². The van der Waals surface area contributed by atoms with Gasteiger partial charge in [0.15, 0.2) is 0 Å². The highest BCUT2D eigenvalue weighted by molar-refractivity contribution is 4.94. The van der Waals surface area contributed by atoms with Crippen LogP contribution in [0.3, 0.4) is 0 Å². The van der Waals surface area contributed by atoms with Gasteiger partial charge in [0.1, 0.15) is 0 Å². The van der Waals surface area contributed by atoms with E-state index in [0.717, 1.165) is 17.3 Å². The van der Waals surface area contributed by atoms with Gasteiger partial charge in [0.05, 0.1) is 0 Å². The molecule has 2 saturated carbocycles. The van der Waals surface area contributed by atoms with Gasteiger partial charge in [-0.3, -0.25) is 0 Å². The van der Waals surface area contributed by atoms with Crippen LogP contribution >= 0.6 is 0 Å². The average Bonchev–Trinajstić information content (AvgIpc) is 2.46. The fraction of sp³-hybridized carbons (Fsp3) is 1.00. The SMILES string of the molecule is CCCC(CC)C1(C2CCCCC2)CCCCC1. The summed E-state index contributed by atoms with van der Waals surface area (Å²) in [6.07, 6.45) is 19.7. The van der Waals surface area contributed by atoms with Crippen molar-refractivity contribution in [3.8, 4) is 0 Å². The van der Waals surface area contributed by atoms with Gasteiger partial charge < -0.3 is 0 Å². The van der Waals surface area contributed by atoms with Gasteiger partial charge in [-0.25, -0.2) is 0 Å². The van der Waals surface area contributed by atoms with Gasteiger partial charge in [0.2, 0.25) is 0 Å². The highest BCUT2D eigenvalue weighted by Crippen LogP contribution is 2.54. The van der Waals surface area contributed by atoms with E-state index in [1.54, 1.807) is 25.7 Å². The molecular formula is C18H34. The molecule has 0 aromatic carbocycles. The van der Waals surface area contributed by atoms with E-state index in [9.17, 15) is 0 Å². The minimum Gasteiger partial charge on any atom is -0.0654 e. The molecule has 0 bridgehead atoms. The molecule has 2 fully saturated rings. The molecule has 0 N–H and O–H groups in total. The van der Waals surface area contributed by atoms with Crippen molar-refractivity contribution in [2.24, 2.45) is 17.3 Å². The third-order valence-corrected chi connectivity index (χ3v) is 6.15. The molecular weight excluding hydrogens is 216 g/mol. The fourth-order valence-corrected chi connectivity index (χ4v) is 5.28. The van der Waals surface area contributed by atoms with Crippen molar-refractivity contribution in [1.29, 1.82) is 0 Å². The molecule has 0 spiro atoms. The van der Waals surface area contributed by atoms with E-state index in [4.69, 9.17) is 0 Å². The second-order valence-electron chi connectivity index (χ2n) is 7.02. The van der Waals surface area contributed by atoms with Gasteiger partial charge >= 0.3 is 0 Å². The third kappa shape index (κ3) is 2.94. The van der Waals surface area contributed by atoms with Crippen molar-refractivity contribution >= 4 is 0 Å². The van der Waals surface area contributed by atoms with Crippen molar-refractivity contribution in [2.75, 3.05) is 0 Å². The van der Waals surface area contributed by atoms with Gasteiger partial charge in [0, 0.05) is 0 Å². The van der Waals surface area contributed by atoms with E-state index < -0.39 is 0 Å². The first kappa shape index (κ1) is 14.4. The standard InChI is InChI=1S/C18H34/c1-3-11-16(4-2)18(14-9-6-10-15-18)17-12-7-5-8-13-17/h16-17H,3-15H2,1-2H3. The lowest BCUT2D eigenvalue weighted by Crippen LogP contribution is -2.40. The Hall–Kier alpha value is 0. The zero-order valence-corrected chi connectivity index (χ0v) is 12.8. The van der Waals surface area contributed by atoms with Crippen molar-refractivity contribution in [1.82, 2.24) is 0 Å². The smallest absolute Gasteiger partial charge is 0.0241 e. The van der Waals surface area contributed by atoms with Crippen molar-refractivity contribution < 1.29 is 0 Å². The molecule has 0 nitrogen and oxygen atoms in total. The normalized spacial score (nSPS) is 27.0. The molecule has 0 radical (unpaired) electrons. The maximum Gasteiger partial charge on any atom is -0.0241 e. The first-order valence-electron chi connectivity index (χ1n) is 8.83. The summed E-state index contributed by atoms with van der Waals surface area (Å²) in [7, 11) is 0. The molecule has 0 aromatic heterocycles. The molecule has 2 aliphatic carbocycles. The van der Waals surface area contributed by atoms with E-state index in [1.807, 2.05) is 0 Å². The lowest BCUT2D eigenvalue weighted by atomic mass is 9.55. The number of hydrogen-bond acceptors (Lipinski definition) is 0. The molecule has 0 heterocycles. The topological polar surface area (TPSA) is 0 Å². The molecule has 0 saturated heterocycles. The molecule has 18 heavy (non-hydrogen) atoms. The Morgan fingerprint density at radius 1 is 0.889 bits per heavy atom. The minimum atomic E-state index is 0.767. The summed E-state index contributed by atoms with van der Waals surface area (Å²) in [5.41, 5.74) is 0.767. The van der Waals surface area contributed by atoms with Crippen LogP contribution in [0.15, 0.2) is 0 Å². The van der Waals surface area contributed by atoms with Gasteiger partial charge in [-0.2, -0.15) is 0 Å². The van der Waals surface area contributed by atoms with Gasteiger partial charge in [-0.1, -0.05) is 71.6 Å². The quantitative estimate of drug-likeness (QED) is 0.534. The highest BCUT2D eigenvalue weighted by Gasteiger charge is 2.44. The first-order valence-corrected chi connectivity index (χ1v) is 8.83. The monoisotopic (exact) mass is 250 g/mol. The maximum absolute atomic E-state index is 2.46. The van der Waals surface area contributed by atoms with E-state index in [0.29, 0.717) is 0 Å². The predicted molar refractivity (Wildman–Crippen MR) is 80.8 cm³/mol. The molecule has 2 aliphatic rings. The predicted octanol–water partition coefficient (Wildman–Crippen LogP) is 6.34. The Morgan fingerprint density at radius 3 is 2.06 bits per heavy atom. The van der Waals surface area contributed by atoms with Crippen LogP contribution in [0.2, 0.25) is 0 Å². The Balaban J connectivity index is 2.14. The molecule has 106 valence electrons. The van der Waals surface area contributed by atoms with E-state index in [-0.39, 0.29) is 0 Å². The molecule has 0 amide bonds. The van der Waals surface area contributed by atoms with E-state index in [2.05, 4.69) is 13.8 Å². The van der Waals surface area contributed by atoms with Crippen LogP contribution in [0, 0.1) is 17.3 Å². The largest absolute Gasteiger partial charge is 0.0654 e. The molecule has 0 aromatic rings. The average molecular weight is 250 g/mol. The Bertz CT molecular complexity index is 211. The summed E-state index contributed by atoms with van der Waals surface area (Å²) in [5, 5.41) is 0. The summed E-state index contributed by atoms with van der Waals surface area (Å²) < 4.78 is 0. The molecule has 0 aliphatic heterocycles. The second kappa shape index (κ2) is 6.96. The number of rotatable bonds is 5. The Morgan fingerprint density at radius 2 is 1.50 bits per heavy atom. The lowest BCUT2D eigenvalue weighted by Gasteiger charge is -2.50. The zero-order valence-electron chi connectivity index (χ0n) is 12.8. The van der Waals surface area contributed by atoms with Crippen LogP contribution in [0.5, 0.6) is 0 Å². The van der Waals surface area contributed by atoms with Crippen LogP contribution < -0.4 is 0 Å². The van der Waals surface area contributed by atoms with Crippen LogP contribution in [0.1, 0.15) is 97.3 Å². The van der Waals surface area contributed by atoms with Crippen LogP contribution in [-0.2, 0) is 0 Å². The summed E-state index contributed by atoms with van der Waals surface area (Å²) >= 11 is 0. The summed E-state index contributed by atoms with van der Waals surface area (Å²) in [5.74, 6) is 2.12. The Kier molecular flexibility index (Phi) is 5.57. The first-order chi connectivity index (χ1) is 8.83. The second-order valence-corrected chi connectivity index (χ2v) is 7.02. The number of hydrogen-bond donors (Lipinski definition) is 0. The molecule has 2 rings (SSSR count). The molecule has 1 unspecified atom stereocenters. The van der Waals surface area contributed by atoms with Crippen LogP contribution in [0.25, 0.3) is 0 Å².